The second-order valence-corrected chi connectivity index (χ2v) is 6.04. The second kappa shape index (κ2) is 5.79. The molecule has 0 N–H and O–H groups in total. The average molecular weight is 292 g/mol. The van der Waals surface area contributed by atoms with Crippen LogP contribution in [0.5, 0.6) is 0 Å². The molecule has 3 heterocycles. The van der Waals surface area contributed by atoms with E-state index in [2.05, 4.69) is 51.4 Å². The first kappa shape index (κ1) is 13.3. The lowest BCUT2D eigenvalue weighted by Gasteiger charge is -2.32. The highest BCUT2D eigenvalue weighted by molar-refractivity contribution is 5.46. The predicted octanol–water partition coefficient (Wildman–Crippen LogP) is 3.19. The SMILES string of the molecule is c1ccc(CC2CCN(c3ccc4nccn4n3)CC2)cc1. The summed E-state index contributed by atoms with van der Waals surface area (Å²) in [7, 11) is 0. The molecular formula is C18H20N4. The van der Waals surface area contributed by atoms with Crippen molar-refractivity contribution in [1.82, 2.24) is 14.6 Å². The number of hydrogen-bond acceptors (Lipinski definition) is 3. The quantitative estimate of drug-likeness (QED) is 0.743. The van der Waals surface area contributed by atoms with Gasteiger partial charge in [0.25, 0.3) is 0 Å². The van der Waals surface area contributed by atoms with Gasteiger partial charge < -0.3 is 4.90 Å². The lowest BCUT2D eigenvalue weighted by Crippen LogP contribution is -2.35. The van der Waals surface area contributed by atoms with Crippen molar-refractivity contribution in [2.75, 3.05) is 18.0 Å². The van der Waals surface area contributed by atoms with Gasteiger partial charge in [0.1, 0.15) is 5.82 Å². The lowest BCUT2D eigenvalue weighted by atomic mass is 9.90. The standard InChI is InChI=1S/C18H20N4/c1-2-4-15(5-3-1)14-16-8-11-21(12-9-16)18-7-6-17-19-10-13-22(17)20-18/h1-7,10,13,16H,8-9,11-12,14H2. The largest absolute Gasteiger partial charge is 0.355 e. The van der Waals surface area contributed by atoms with Gasteiger partial charge in [-0.1, -0.05) is 30.3 Å². The van der Waals surface area contributed by atoms with E-state index in [1.165, 1.54) is 24.8 Å². The van der Waals surface area contributed by atoms with E-state index >= 15 is 0 Å². The molecule has 2 aromatic heterocycles. The fourth-order valence-corrected chi connectivity index (χ4v) is 3.29. The van der Waals surface area contributed by atoms with Crippen molar-refractivity contribution in [1.29, 1.82) is 0 Å². The Morgan fingerprint density at radius 2 is 1.82 bits per heavy atom. The molecule has 4 rings (SSSR count). The van der Waals surface area contributed by atoms with Crippen molar-refractivity contribution in [3.63, 3.8) is 0 Å². The number of aromatic nitrogens is 3. The van der Waals surface area contributed by atoms with Crippen LogP contribution in [0.3, 0.4) is 0 Å². The predicted molar refractivity (Wildman–Crippen MR) is 88.1 cm³/mol. The van der Waals surface area contributed by atoms with E-state index in [0.29, 0.717) is 0 Å². The van der Waals surface area contributed by atoms with E-state index in [0.717, 1.165) is 30.5 Å². The number of nitrogens with zero attached hydrogens (tertiary/aromatic N) is 4. The first-order valence-corrected chi connectivity index (χ1v) is 7.98. The third-order valence-corrected chi connectivity index (χ3v) is 4.55. The van der Waals surface area contributed by atoms with Crippen molar-refractivity contribution < 1.29 is 0 Å². The summed E-state index contributed by atoms with van der Waals surface area (Å²) in [6.07, 6.45) is 7.36. The summed E-state index contributed by atoms with van der Waals surface area (Å²) >= 11 is 0. The van der Waals surface area contributed by atoms with Gasteiger partial charge in [-0.25, -0.2) is 9.50 Å². The minimum Gasteiger partial charge on any atom is -0.355 e. The van der Waals surface area contributed by atoms with Gasteiger partial charge in [0.15, 0.2) is 5.65 Å². The minimum absolute atomic E-state index is 0.788. The van der Waals surface area contributed by atoms with Gasteiger partial charge in [-0.2, -0.15) is 0 Å². The minimum atomic E-state index is 0.788. The first-order valence-electron chi connectivity index (χ1n) is 7.98. The summed E-state index contributed by atoms with van der Waals surface area (Å²) in [5.74, 6) is 1.85. The molecule has 1 saturated heterocycles. The summed E-state index contributed by atoms with van der Waals surface area (Å²) in [6.45, 7) is 2.18. The highest BCUT2D eigenvalue weighted by Crippen LogP contribution is 2.24. The number of imidazole rings is 1. The first-order chi connectivity index (χ1) is 10.9. The van der Waals surface area contributed by atoms with E-state index in [9.17, 15) is 0 Å². The maximum atomic E-state index is 4.65. The number of anilines is 1. The Labute approximate surface area is 130 Å². The van der Waals surface area contributed by atoms with Gasteiger partial charge >= 0.3 is 0 Å². The highest BCUT2D eigenvalue weighted by Gasteiger charge is 2.20. The molecule has 1 fully saturated rings. The van der Waals surface area contributed by atoms with E-state index < -0.39 is 0 Å². The maximum absolute atomic E-state index is 4.65. The molecule has 0 saturated carbocycles. The Kier molecular flexibility index (Phi) is 3.51. The maximum Gasteiger partial charge on any atom is 0.153 e. The molecule has 0 aliphatic carbocycles. The van der Waals surface area contributed by atoms with Crippen LogP contribution in [0.15, 0.2) is 54.9 Å². The summed E-state index contributed by atoms with van der Waals surface area (Å²) < 4.78 is 1.85. The normalized spacial score (nSPS) is 16.3. The molecule has 1 aliphatic heterocycles. The van der Waals surface area contributed by atoms with Crippen LogP contribution < -0.4 is 4.90 Å². The van der Waals surface area contributed by atoms with E-state index in [1.807, 2.05) is 16.8 Å². The van der Waals surface area contributed by atoms with Gasteiger partial charge in [0, 0.05) is 25.5 Å². The van der Waals surface area contributed by atoms with Crippen LogP contribution in [0.25, 0.3) is 5.65 Å². The highest BCUT2D eigenvalue weighted by atomic mass is 15.3. The Hall–Kier alpha value is -2.36. The molecular weight excluding hydrogens is 272 g/mol. The lowest BCUT2D eigenvalue weighted by molar-refractivity contribution is 0.401. The molecule has 0 unspecified atom stereocenters. The van der Waals surface area contributed by atoms with Crippen molar-refractivity contribution >= 4 is 11.5 Å². The van der Waals surface area contributed by atoms with Gasteiger partial charge in [-0.15, -0.1) is 5.10 Å². The Morgan fingerprint density at radius 3 is 2.64 bits per heavy atom. The molecule has 4 heteroatoms. The van der Waals surface area contributed by atoms with Crippen LogP contribution in [0.4, 0.5) is 5.82 Å². The zero-order valence-electron chi connectivity index (χ0n) is 12.6. The van der Waals surface area contributed by atoms with Crippen molar-refractivity contribution in [2.24, 2.45) is 5.92 Å². The van der Waals surface area contributed by atoms with Crippen LogP contribution in [-0.2, 0) is 6.42 Å². The number of fused-ring (bicyclic) bond motifs is 1. The molecule has 0 spiro atoms. The zero-order valence-corrected chi connectivity index (χ0v) is 12.6. The molecule has 0 radical (unpaired) electrons. The third kappa shape index (κ3) is 2.69. The second-order valence-electron chi connectivity index (χ2n) is 6.04. The van der Waals surface area contributed by atoms with E-state index in [-0.39, 0.29) is 0 Å². The summed E-state index contributed by atoms with van der Waals surface area (Å²) in [5, 5.41) is 4.65. The number of hydrogen-bond donors (Lipinski definition) is 0. The smallest absolute Gasteiger partial charge is 0.153 e. The van der Waals surface area contributed by atoms with Crippen LogP contribution in [0, 0.1) is 5.92 Å². The zero-order chi connectivity index (χ0) is 14.8. The molecule has 0 bridgehead atoms. The van der Waals surface area contributed by atoms with Crippen LogP contribution in [0.2, 0.25) is 0 Å². The van der Waals surface area contributed by atoms with Gasteiger partial charge in [0.05, 0.1) is 0 Å². The van der Waals surface area contributed by atoms with Gasteiger partial charge in [-0.3, -0.25) is 0 Å². The van der Waals surface area contributed by atoms with Gasteiger partial charge in [-0.05, 0) is 42.9 Å². The van der Waals surface area contributed by atoms with Crippen LogP contribution in [-0.4, -0.2) is 27.7 Å². The van der Waals surface area contributed by atoms with Crippen molar-refractivity contribution in [3.8, 4) is 0 Å². The summed E-state index contributed by atoms with van der Waals surface area (Å²) in [6, 6.07) is 15.0. The van der Waals surface area contributed by atoms with E-state index in [4.69, 9.17) is 0 Å². The number of piperidine rings is 1. The molecule has 4 nitrogen and oxygen atoms in total. The fraction of sp³-hybridized carbons (Fsp3) is 0.333. The molecule has 112 valence electrons. The summed E-state index contributed by atoms with van der Waals surface area (Å²) in [4.78, 5) is 6.64. The Balaban J connectivity index is 1.41. The third-order valence-electron chi connectivity index (χ3n) is 4.55. The Bertz CT molecular complexity index is 742. The molecule has 0 amide bonds. The molecule has 0 atom stereocenters. The number of benzene rings is 1. The van der Waals surface area contributed by atoms with Crippen LogP contribution >= 0.6 is 0 Å². The fourth-order valence-electron chi connectivity index (χ4n) is 3.29. The Morgan fingerprint density at radius 1 is 1.00 bits per heavy atom. The molecule has 1 aliphatic rings. The monoisotopic (exact) mass is 292 g/mol. The molecule has 1 aromatic carbocycles. The van der Waals surface area contributed by atoms with Crippen molar-refractivity contribution in [2.45, 2.75) is 19.3 Å². The van der Waals surface area contributed by atoms with Crippen LogP contribution in [0.1, 0.15) is 18.4 Å². The number of rotatable bonds is 3. The molecule has 3 aromatic rings. The summed E-state index contributed by atoms with van der Waals surface area (Å²) in [5.41, 5.74) is 2.36. The average Bonchev–Trinajstić information content (AvgIpc) is 3.04. The van der Waals surface area contributed by atoms with Gasteiger partial charge in [0.2, 0.25) is 0 Å². The van der Waals surface area contributed by atoms with E-state index in [1.54, 1.807) is 6.20 Å². The topological polar surface area (TPSA) is 33.4 Å². The molecule has 22 heavy (non-hydrogen) atoms. The van der Waals surface area contributed by atoms with Crippen molar-refractivity contribution in [3.05, 3.63) is 60.4 Å².